The molecule has 0 radical (unpaired) electrons. The number of β-amino-alcohol motifs (C(OH)–C–C–N with tert-alkyl or cyclic N) is 1. The number of amides is 2. The van der Waals surface area contributed by atoms with Gasteiger partial charge < -0.3 is 15.3 Å². The van der Waals surface area contributed by atoms with Crippen molar-refractivity contribution in [1.29, 1.82) is 5.26 Å². The first-order valence-electron chi connectivity index (χ1n) is 12.2. The molecule has 178 valence electrons. The highest BCUT2D eigenvalue weighted by Gasteiger charge is 2.58. The van der Waals surface area contributed by atoms with Crippen molar-refractivity contribution in [1.82, 2.24) is 9.80 Å². The Morgan fingerprint density at radius 2 is 2.12 bits per heavy atom. The maximum absolute atomic E-state index is 14.2. The Morgan fingerprint density at radius 1 is 1.26 bits per heavy atom. The number of aliphatic hydroxyl groups excluding tert-OH is 1. The Kier molecular flexibility index (Phi) is 6.28. The van der Waals surface area contributed by atoms with Crippen LogP contribution >= 0.6 is 0 Å². The number of hydrogen-bond donors (Lipinski definition) is 2. The van der Waals surface area contributed by atoms with Crippen molar-refractivity contribution >= 4 is 11.7 Å². The van der Waals surface area contributed by atoms with Crippen molar-refractivity contribution in [3.8, 4) is 6.07 Å². The Labute approximate surface area is 200 Å². The molecule has 1 heterocycles. The van der Waals surface area contributed by atoms with Gasteiger partial charge in [0.25, 0.3) is 0 Å². The van der Waals surface area contributed by atoms with Crippen LogP contribution in [0.5, 0.6) is 0 Å². The molecule has 0 spiro atoms. The lowest BCUT2D eigenvalue weighted by molar-refractivity contribution is 0.142. The summed E-state index contributed by atoms with van der Waals surface area (Å²) in [4.78, 5) is 17.4. The second kappa shape index (κ2) is 9.36. The van der Waals surface area contributed by atoms with E-state index in [-0.39, 0.29) is 29.3 Å². The van der Waals surface area contributed by atoms with Crippen molar-refractivity contribution in [2.75, 3.05) is 31.5 Å². The molecule has 0 aromatic heterocycles. The fourth-order valence-electron chi connectivity index (χ4n) is 6.01. The number of fused-ring (bicyclic) bond motifs is 1. The summed E-state index contributed by atoms with van der Waals surface area (Å²) in [6.45, 7) is 2.70. The number of aliphatic hydroxyl groups is 1. The van der Waals surface area contributed by atoms with Crippen LogP contribution in [0, 0.1) is 23.1 Å². The van der Waals surface area contributed by atoms with E-state index in [0.717, 1.165) is 38.6 Å². The molecule has 2 N–H and O–H groups in total. The monoisotopic (exact) mass is 462 g/mol. The van der Waals surface area contributed by atoms with Gasteiger partial charge in [-0.15, -0.1) is 0 Å². The van der Waals surface area contributed by atoms with E-state index in [9.17, 15) is 19.6 Å². The van der Waals surface area contributed by atoms with E-state index in [1.54, 1.807) is 18.2 Å². The Morgan fingerprint density at radius 3 is 2.85 bits per heavy atom. The summed E-state index contributed by atoms with van der Waals surface area (Å²) in [7, 11) is 0. The molecule has 1 aliphatic heterocycles. The third-order valence-corrected chi connectivity index (χ3v) is 8.00. The van der Waals surface area contributed by atoms with Crippen LogP contribution in [-0.4, -0.2) is 59.3 Å². The number of para-hydroxylation sites is 1. The number of nitrogens with one attached hydrogen (secondary N) is 1. The largest absolute Gasteiger partial charge is 0.392 e. The predicted octanol–water partition coefficient (Wildman–Crippen LogP) is 4.11. The number of halogens is 1. The summed E-state index contributed by atoms with van der Waals surface area (Å²) >= 11 is 0. The first kappa shape index (κ1) is 22.8. The van der Waals surface area contributed by atoms with Gasteiger partial charge in [-0.25, -0.2) is 9.18 Å². The maximum atomic E-state index is 14.2. The topological polar surface area (TPSA) is 79.6 Å². The molecular weight excluding hydrogens is 431 g/mol. The van der Waals surface area contributed by atoms with Crippen LogP contribution < -0.4 is 5.32 Å². The lowest BCUT2D eigenvalue weighted by Crippen LogP contribution is -2.48. The Hall–Kier alpha value is -2.95. The number of urea groups is 1. The number of hydrogen-bond acceptors (Lipinski definition) is 4. The van der Waals surface area contributed by atoms with Gasteiger partial charge in [0.15, 0.2) is 0 Å². The minimum atomic E-state index is -0.444. The third kappa shape index (κ3) is 4.53. The van der Waals surface area contributed by atoms with Crippen LogP contribution in [0.3, 0.4) is 0 Å². The molecule has 2 aromatic rings. The number of benzene rings is 2. The highest BCUT2D eigenvalue weighted by molar-refractivity contribution is 5.89. The summed E-state index contributed by atoms with van der Waals surface area (Å²) in [5.41, 5.74) is 2.25. The van der Waals surface area contributed by atoms with E-state index < -0.39 is 5.82 Å². The minimum absolute atomic E-state index is 0.0825. The van der Waals surface area contributed by atoms with Crippen LogP contribution in [0.15, 0.2) is 48.5 Å². The number of carbonyl (C=O) groups is 1. The van der Waals surface area contributed by atoms with Crippen LogP contribution in [0.2, 0.25) is 0 Å². The zero-order chi connectivity index (χ0) is 23.7. The number of likely N-dealkylation sites (tertiary alicyclic amines) is 1. The summed E-state index contributed by atoms with van der Waals surface area (Å²) in [5.74, 6) is 0.0401. The quantitative estimate of drug-likeness (QED) is 0.677. The molecule has 2 aliphatic carbocycles. The third-order valence-electron chi connectivity index (χ3n) is 8.00. The Balaban J connectivity index is 1.30. The van der Waals surface area contributed by atoms with Crippen molar-refractivity contribution < 1.29 is 14.3 Å². The normalized spacial score (nSPS) is 28.1. The molecule has 5 rings (SSSR count). The summed E-state index contributed by atoms with van der Waals surface area (Å²) in [5, 5.41) is 21.9. The molecule has 2 saturated carbocycles. The van der Waals surface area contributed by atoms with Crippen molar-refractivity contribution in [3.63, 3.8) is 0 Å². The molecule has 2 amide bonds. The summed E-state index contributed by atoms with van der Waals surface area (Å²) < 4.78 is 14.2. The maximum Gasteiger partial charge on any atom is 0.322 e. The molecule has 7 heteroatoms. The zero-order valence-electron chi connectivity index (χ0n) is 19.3. The molecule has 2 unspecified atom stereocenters. The zero-order valence-corrected chi connectivity index (χ0v) is 19.3. The Bertz CT molecular complexity index is 1100. The first-order valence-corrected chi connectivity index (χ1v) is 12.2. The highest BCUT2D eigenvalue weighted by atomic mass is 19.1. The number of carbonyl (C=O) groups excluding carboxylic acids is 1. The van der Waals surface area contributed by atoms with Crippen LogP contribution in [0.4, 0.5) is 14.9 Å². The SMILES string of the molecule is N#Cc1cccc([C@]23CCC(N(CCN4CC[C@@H](O)C4)C(=O)Nc4ccccc4F)CC2C3)c1. The van der Waals surface area contributed by atoms with Crippen molar-refractivity contribution in [2.24, 2.45) is 5.92 Å². The lowest BCUT2D eigenvalue weighted by Gasteiger charge is -2.37. The van der Waals surface area contributed by atoms with Gasteiger partial charge in [-0.3, -0.25) is 4.90 Å². The van der Waals surface area contributed by atoms with E-state index in [1.165, 1.54) is 11.6 Å². The van der Waals surface area contributed by atoms with Gasteiger partial charge in [0.1, 0.15) is 5.82 Å². The second-order valence-corrected chi connectivity index (χ2v) is 10.0. The van der Waals surface area contributed by atoms with Crippen LogP contribution in [0.1, 0.15) is 43.2 Å². The standard InChI is InChI=1S/C27H31FN4O2/c28-24-6-1-2-7-25(24)30-26(34)32(13-12-31-11-9-23(33)18-31)22-8-10-27(16-21(27)15-22)20-5-3-4-19(14-20)17-29/h1-7,14,21-23,33H,8-13,15-16,18H2,(H,30,34)/t21?,22?,23-,27-/m1/s1. The van der Waals surface area contributed by atoms with Gasteiger partial charge in [-0.2, -0.15) is 5.26 Å². The number of nitrogens with zero attached hydrogens (tertiary/aromatic N) is 3. The fraction of sp³-hybridized carbons (Fsp3) is 0.481. The number of rotatable bonds is 6. The molecule has 2 aromatic carbocycles. The van der Waals surface area contributed by atoms with E-state index in [0.29, 0.717) is 31.1 Å². The minimum Gasteiger partial charge on any atom is -0.392 e. The average Bonchev–Trinajstić information content (AvgIpc) is 3.45. The smallest absolute Gasteiger partial charge is 0.322 e. The lowest BCUT2D eigenvalue weighted by atomic mass is 9.80. The van der Waals surface area contributed by atoms with Gasteiger partial charge in [-0.1, -0.05) is 24.3 Å². The van der Waals surface area contributed by atoms with Crippen molar-refractivity contribution in [2.45, 2.75) is 49.7 Å². The second-order valence-electron chi connectivity index (χ2n) is 10.0. The molecular formula is C27H31FN4O2. The van der Waals surface area contributed by atoms with Gasteiger partial charge in [0, 0.05) is 32.2 Å². The molecule has 3 fully saturated rings. The molecule has 34 heavy (non-hydrogen) atoms. The number of anilines is 1. The van der Waals surface area contributed by atoms with Gasteiger partial charge in [0.05, 0.1) is 23.4 Å². The van der Waals surface area contributed by atoms with E-state index in [2.05, 4.69) is 22.4 Å². The molecule has 6 nitrogen and oxygen atoms in total. The first-order chi connectivity index (χ1) is 16.5. The van der Waals surface area contributed by atoms with Gasteiger partial charge in [-0.05, 0) is 73.3 Å². The predicted molar refractivity (Wildman–Crippen MR) is 128 cm³/mol. The summed E-state index contributed by atoms with van der Waals surface area (Å²) in [6.07, 6.45) is 4.30. The van der Waals surface area contributed by atoms with E-state index >= 15 is 0 Å². The van der Waals surface area contributed by atoms with Gasteiger partial charge in [0.2, 0.25) is 0 Å². The molecule has 1 saturated heterocycles. The average molecular weight is 463 g/mol. The van der Waals surface area contributed by atoms with E-state index in [1.807, 2.05) is 23.1 Å². The van der Waals surface area contributed by atoms with Gasteiger partial charge >= 0.3 is 6.03 Å². The molecule has 3 aliphatic rings. The summed E-state index contributed by atoms with van der Waals surface area (Å²) in [6, 6.07) is 16.2. The van der Waals surface area contributed by atoms with Crippen molar-refractivity contribution in [3.05, 3.63) is 65.5 Å². The fourth-order valence-corrected chi connectivity index (χ4v) is 6.01. The number of nitriles is 1. The molecule has 4 atom stereocenters. The highest BCUT2D eigenvalue weighted by Crippen LogP contribution is 2.62. The van der Waals surface area contributed by atoms with Crippen LogP contribution in [0.25, 0.3) is 0 Å². The van der Waals surface area contributed by atoms with Crippen LogP contribution in [-0.2, 0) is 5.41 Å². The van der Waals surface area contributed by atoms with E-state index in [4.69, 9.17) is 0 Å². The molecule has 0 bridgehead atoms.